The zero-order chi connectivity index (χ0) is 13.8. The van der Waals surface area contributed by atoms with Gasteiger partial charge in [0.2, 0.25) is 0 Å². The summed E-state index contributed by atoms with van der Waals surface area (Å²) in [5.41, 5.74) is 0.618. The number of ether oxygens (including phenoxy) is 1. The van der Waals surface area contributed by atoms with Gasteiger partial charge in [0.1, 0.15) is 18.1 Å². The van der Waals surface area contributed by atoms with Gasteiger partial charge < -0.3 is 14.9 Å². The van der Waals surface area contributed by atoms with Crippen molar-refractivity contribution in [1.82, 2.24) is 0 Å². The van der Waals surface area contributed by atoms with Gasteiger partial charge in [0.15, 0.2) is 0 Å². The molecule has 0 saturated heterocycles. The van der Waals surface area contributed by atoms with Gasteiger partial charge >= 0.3 is 5.97 Å². The first-order valence-electron chi connectivity index (χ1n) is 5.50. The first-order chi connectivity index (χ1) is 9.06. The Bertz CT molecular complexity index is 610. The van der Waals surface area contributed by atoms with E-state index in [-0.39, 0.29) is 17.9 Å². The molecular weight excluding hydrogens is 268 g/mol. The fourth-order valence-corrected chi connectivity index (χ4v) is 1.78. The summed E-state index contributed by atoms with van der Waals surface area (Å²) < 4.78 is 5.44. The van der Waals surface area contributed by atoms with E-state index in [0.29, 0.717) is 16.3 Å². The van der Waals surface area contributed by atoms with E-state index in [4.69, 9.17) is 21.4 Å². The molecule has 2 aromatic rings. The van der Waals surface area contributed by atoms with Gasteiger partial charge in [-0.25, -0.2) is 4.79 Å². The van der Waals surface area contributed by atoms with Crippen LogP contribution in [-0.2, 0) is 6.61 Å². The molecule has 0 aliphatic rings. The summed E-state index contributed by atoms with van der Waals surface area (Å²) in [6.07, 6.45) is 0. The molecule has 0 unspecified atom stereocenters. The van der Waals surface area contributed by atoms with Crippen molar-refractivity contribution in [2.24, 2.45) is 0 Å². The monoisotopic (exact) mass is 278 g/mol. The zero-order valence-electron chi connectivity index (χ0n) is 9.84. The molecule has 0 aliphatic heterocycles. The molecule has 0 amide bonds. The molecule has 19 heavy (non-hydrogen) atoms. The van der Waals surface area contributed by atoms with Gasteiger partial charge in [-0.3, -0.25) is 0 Å². The highest BCUT2D eigenvalue weighted by Crippen LogP contribution is 2.21. The van der Waals surface area contributed by atoms with Crippen LogP contribution in [0.3, 0.4) is 0 Å². The zero-order valence-corrected chi connectivity index (χ0v) is 10.6. The Morgan fingerprint density at radius 2 is 2.00 bits per heavy atom. The van der Waals surface area contributed by atoms with Crippen LogP contribution in [0.4, 0.5) is 0 Å². The standard InChI is InChI=1S/C14H11ClO4/c15-10-5-4-9(13(6-10)14(17)18)8-19-12-3-1-2-11(16)7-12/h1-7,16H,8H2,(H,17,18). The second-order valence-electron chi connectivity index (χ2n) is 3.89. The van der Waals surface area contributed by atoms with Crippen LogP contribution < -0.4 is 4.74 Å². The molecule has 2 aromatic carbocycles. The molecule has 0 heterocycles. The van der Waals surface area contributed by atoms with E-state index < -0.39 is 5.97 Å². The minimum Gasteiger partial charge on any atom is -0.508 e. The van der Waals surface area contributed by atoms with Crippen LogP contribution in [-0.4, -0.2) is 16.2 Å². The first kappa shape index (κ1) is 13.2. The number of aromatic hydroxyl groups is 1. The number of carbonyl (C=O) groups is 1. The Hall–Kier alpha value is -2.20. The molecule has 0 radical (unpaired) electrons. The Kier molecular flexibility index (Phi) is 3.92. The number of hydrogen-bond donors (Lipinski definition) is 2. The number of carboxylic acid groups (broad SMARTS) is 1. The summed E-state index contributed by atoms with van der Waals surface area (Å²) in [6, 6.07) is 10.9. The third-order valence-electron chi connectivity index (χ3n) is 2.51. The van der Waals surface area contributed by atoms with Crippen molar-refractivity contribution in [2.45, 2.75) is 6.61 Å². The van der Waals surface area contributed by atoms with Gasteiger partial charge in [-0.1, -0.05) is 23.7 Å². The lowest BCUT2D eigenvalue weighted by Crippen LogP contribution is -2.05. The van der Waals surface area contributed by atoms with Gasteiger partial charge in [0, 0.05) is 16.7 Å². The average molecular weight is 279 g/mol. The molecule has 0 bridgehead atoms. The van der Waals surface area contributed by atoms with Crippen LogP contribution in [0, 0.1) is 0 Å². The molecular formula is C14H11ClO4. The minimum atomic E-state index is -1.06. The fourth-order valence-electron chi connectivity index (χ4n) is 1.61. The molecule has 2 N–H and O–H groups in total. The summed E-state index contributed by atoms with van der Waals surface area (Å²) in [5.74, 6) is -0.504. The summed E-state index contributed by atoms with van der Waals surface area (Å²) in [7, 11) is 0. The molecule has 2 rings (SSSR count). The van der Waals surface area contributed by atoms with Crippen molar-refractivity contribution in [3.05, 3.63) is 58.6 Å². The number of hydrogen-bond acceptors (Lipinski definition) is 3. The maximum atomic E-state index is 11.1. The number of rotatable bonds is 4. The summed E-state index contributed by atoms with van der Waals surface area (Å²) in [5, 5.41) is 18.7. The van der Waals surface area contributed by atoms with E-state index >= 15 is 0 Å². The van der Waals surface area contributed by atoms with E-state index in [0.717, 1.165) is 0 Å². The summed E-state index contributed by atoms with van der Waals surface area (Å²) in [6.45, 7) is 0.0856. The molecule has 0 fully saturated rings. The summed E-state index contributed by atoms with van der Waals surface area (Å²) in [4.78, 5) is 11.1. The highest BCUT2D eigenvalue weighted by Gasteiger charge is 2.11. The fraction of sp³-hybridized carbons (Fsp3) is 0.0714. The van der Waals surface area contributed by atoms with Gasteiger partial charge in [0.25, 0.3) is 0 Å². The Balaban J connectivity index is 2.17. The Morgan fingerprint density at radius 1 is 1.21 bits per heavy atom. The molecule has 98 valence electrons. The molecule has 0 saturated carbocycles. The maximum Gasteiger partial charge on any atom is 0.336 e. The van der Waals surface area contributed by atoms with E-state index in [9.17, 15) is 9.90 Å². The molecule has 5 heteroatoms. The first-order valence-corrected chi connectivity index (χ1v) is 5.87. The van der Waals surface area contributed by atoms with Crippen molar-refractivity contribution in [2.75, 3.05) is 0 Å². The predicted octanol–water partition coefficient (Wildman–Crippen LogP) is 3.32. The van der Waals surface area contributed by atoms with Gasteiger partial charge in [-0.05, 0) is 24.3 Å². The van der Waals surface area contributed by atoms with Crippen molar-refractivity contribution >= 4 is 17.6 Å². The van der Waals surface area contributed by atoms with Crippen LogP contribution in [0.5, 0.6) is 11.5 Å². The van der Waals surface area contributed by atoms with E-state index in [1.807, 2.05) is 0 Å². The smallest absolute Gasteiger partial charge is 0.336 e. The average Bonchev–Trinajstić information content (AvgIpc) is 2.37. The molecule has 4 nitrogen and oxygen atoms in total. The Labute approximate surface area is 114 Å². The molecule has 0 aliphatic carbocycles. The quantitative estimate of drug-likeness (QED) is 0.900. The number of benzene rings is 2. The van der Waals surface area contributed by atoms with Crippen molar-refractivity contribution in [3.63, 3.8) is 0 Å². The van der Waals surface area contributed by atoms with Gasteiger partial charge in [-0.2, -0.15) is 0 Å². The van der Waals surface area contributed by atoms with Crippen LogP contribution in [0.2, 0.25) is 5.02 Å². The largest absolute Gasteiger partial charge is 0.508 e. The number of aromatic carboxylic acids is 1. The van der Waals surface area contributed by atoms with E-state index in [1.165, 1.54) is 18.2 Å². The lowest BCUT2D eigenvalue weighted by Gasteiger charge is -2.09. The number of carboxylic acids is 1. The second kappa shape index (κ2) is 5.63. The lowest BCUT2D eigenvalue weighted by atomic mass is 10.1. The van der Waals surface area contributed by atoms with Crippen LogP contribution in [0.1, 0.15) is 15.9 Å². The third-order valence-corrected chi connectivity index (χ3v) is 2.75. The van der Waals surface area contributed by atoms with Gasteiger partial charge in [-0.15, -0.1) is 0 Å². The number of phenols is 1. The van der Waals surface area contributed by atoms with Crippen molar-refractivity contribution in [1.29, 1.82) is 0 Å². The van der Waals surface area contributed by atoms with Crippen molar-refractivity contribution in [3.8, 4) is 11.5 Å². The van der Waals surface area contributed by atoms with Crippen LogP contribution >= 0.6 is 11.6 Å². The number of halogens is 1. The second-order valence-corrected chi connectivity index (χ2v) is 4.33. The predicted molar refractivity (Wildman–Crippen MR) is 70.9 cm³/mol. The lowest BCUT2D eigenvalue weighted by molar-refractivity contribution is 0.0694. The van der Waals surface area contributed by atoms with E-state index in [2.05, 4.69) is 0 Å². The highest BCUT2D eigenvalue weighted by atomic mass is 35.5. The van der Waals surface area contributed by atoms with Crippen molar-refractivity contribution < 1.29 is 19.7 Å². The molecule has 0 atom stereocenters. The SMILES string of the molecule is O=C(O)c1cc(Cl)ccc1COc1cccc(O)c1. The normalized spacial score (nSPS) is 10.2. The van der Waals surface area contributed by atoms with Crippen LogP contribution in [0.25, 0.3) is 0 Å². The minimum absolute atomic E-state index is 0.0856. The molecule has 0 aromatic heterocycles. The molecule has 0 spiro atoms. The third kappa shape index (κ3) is 3.39. The summed E-state index contributed by atoms with van der Waals surface area (Å²) >= 11 is 5.76. The number of phenolic OH excluding ortho intramolecular Hbond substituents is 1. The highest BCUT2D eigenvalue weighted by molar-refractivity contribution is 6.30. The van der Waals surface area contributed by atoms with E-state index in [1.54, 1.807) is 24.3 Å². The Morgan fingerprint density at radius 3 is 2.68 bits per heavy atom. The van der Waals surface area contributed by atoms with Gasteiger partial charge in [0.05, 0.1) is 5.56 Å². The van der Waals surface area contributed by atoms with Crippen LogP contribution in [0.15, 0.2) is 42.5 Å². The topological polar surface area (TPSA) is 66.8 Å². The maximum absolute atomic E-state index is 11.1.